The van der Waals surface area contributed by atoms with Crippen LogP contribution in [0.1, 0.15) is 39.3 Å². The Morgan fingerprint density at radius 2 is 1.80 bits per heavy atom. The minimum absolute atomic E-state index is 0.275. The fraction of sp³-hybridized carbons (Fsp3) is 0.389. The molecule has 0 saturated heterocycles. The van der Waals surface area contributed by atoms with Gasteiger partial charge in [0.05, 0.1) is 17.7 Å². The monoisotopic (exact) mass is 346 g/mol. The van der Waals surface area contributed by atoms with Gasteiger partial charge in [0.15, 0.2) is 0 Å². The second-order valence-corrected chi connectivity index (χ2v) is 6.06. The highest BCUT2D eigenvalue weighted by molar-refractivity contribution is 5.95. The molecular formula is C18H22N2O5. The Morgan fingerprint density at radius 1 is 1.20 bits per heavy atom. The van der Waals surface area contributed by atoms with E-state index in [1.165, 1.54) is 11.8 Å². The van der Waals surface area contributed by atoms with Gasteiger partial charge < -0.3 is 19.7 Å². The molecule has 1 aliphatic rings. The van der Waals surface area contributed by atoms with Crippen molar-refractivity contribution >= 4 is 18.0 Å². The Bertz CT molecular complexity index is 721. The Hall–Kier alpha value is -2.83. The van der Waals surface area contributed by atoms with E-state index in [1.54, 1.807) is 52.1 Å². The predicted octanol–water partition coefficient (Wildman–Crippen LogP) is 2.53. The van der Waals surface area contributed by atoms with Crippen LogP contribution in [-0.4, -0.2) is 36.0 Å². The highest BCUT2D eigenvalue weighted by atomic mass is 16.5. The maximum atomic E-state index is 12.5. The summed E-state index contributed by atoms with van der Waals surface area (Å²) in [5.74, 6) is -0.506. The summed E-state index contributed by atoms with van der Waals surface area (Å²) >= 11 is 0. The lowest BCUT2D eigenvalue weighted by Gasteiger charge is -2.33. The first-order chi connectivity index (χ1) is 11.7. The highest BCUT2D eigenvalue weighted by Crippen LogP contribution is 2.31. The summed E-state index contributed by atoms with van der Waals surface area (Å²) in [6.45, 7) is 6.55. The number of amides is 2. The lowest BCUT2D eigenvalue weighted by molar-refractivity contribution is -0.143. The molecule has 1 aliphatic heterocycles. The normalized spacial score (nSPS) is 17.4. The molecule has 1 N–H and O–H groups in total. The SMILES string of the molecule is CC(=O)Oc1ccc(C2NC(=O)N(C)C(C)=C2C(=O)OC(C)C)cc1. The molecule has 0 aromatic heterocycles. The van der Waals surface area contributed by atoms with Crippen molar-refractivity contribution in [2.75, 3.05) is 7.05 Å². The standard InChI is InChI=1S/C18H22N2O5/c1-10(2)24-17(22)15-11(3)20(5)18(23)19-16(15)13-6-8-14(9-7-13)25-12(4)21/h6-10,16H,1-5H3,(H,19,23). The summed E-state index contributed by atoms with van der Waals surface area (Å²) < 4.78 is 10.3. The summed E-state index contributed by atoms with van der Waals surface area (Å²) in [6.07, 6.45) is -0.275. The third-order valence-electron chi connectivity index (χ3n) is 3.79. The van der Waals surface area contributed by atoms with Gasteiger partial charge in [0.25, 0.3) is 0 Å². The molecule has 2 rings (SSSR count). The fourth-order valence-corrected chi connectivity index (χ4v) is 2.52. The topological polar surface area (TPSA) is 84.9 Å². The van der Waals surface area contributed by atoms with Crippen LogP contribution in [0.3, 0.4) is 0 Å². The molecule has 0 bridgehead atoms. The molecule has 1 heterocycles. The largest absolute Gasteiger partial charge is 0.459 e. The zero-order valence-corrected chi connectivity index (χ0v) is 15.0. The van der Waals surface area contributed by atoms with Gasteiger partial charge in [0, 0.05) is 19.7 Å². The number of carbonyl (C=O) groups is 3. The van der Waals surface area contributed by atoms with Gasteiger partial charge in [-0.1, -0.05) is 12.1 Å². The van der Waals surface area contributed by atoms with Crippen LogP contribution in [0.5, 0.6) is 5.75 Å². The third kappa shape index (κ3) is 4.17. The first-order valence-corrected chi connectivity index (χ1v) is 7.95. The van der Waals surface area contributed by atoms with Crippen molar-refractivity contribution in [3.8, 4) is 5.75 Å². The number of hydrogen-bond acceptors (Lipinski definition) is 5. The lowest BCUT2D eigenvalue weighted by atomic mass is 9.95. The predicted molar refractivity (Wildman–Crippen MR) is 90.7 cm³/mol. The first kappa shape index (κ1) is 18.5. The summed E-state index contributed by atoms with van der Waals surface area (Å²) in [4.78, 5) is 37.1. The van der Waals surface area contributed by atoms with Crippen molar-refractivity contribution in [2.45, 2.75) is 39.8 Å². The molecule has 1 unspecified atom stereocenters. The molecule has 1 aromatic carbocycles. The highest BCUT2D eigenvalue weighted by Gasteiger charge is 2.35. The Kier molecular flexibility index (Phi) is 5.46. The Labute approximate surface area is 146 Å². The fourth-order valence-electron chi connectivity index (χ4n) is 2.52. The average Bonchev–Trinajstić information content (AvgIpc) is 2.51. The van der Waals surface area contributed by atoms with Gasteiger partial charge in [-0.3, -0.25) is 4.79 Å². The number of nitrogens with one attached hydrogen (secondary N) is 1. The van der Waals surface area contributed by atoms with Crippen molar-refractivity contribution in [2.24, 2.45) is 0 Å². The van der Waals surface area contributed by atoms with Crippen molar-refractivity contribution in [3.05, 3.63) is 41.1 Å². The molecule has 0 spiro atoms. The number of urea groups is 1. The van der Waals surface area contributed by atoms with E-state index in [0.29, 0.717) is 22.6 Å². The van der Waals surface area contributed by atoms with Crippen LogP contribution in [0.15, 0.2) is 35.5 Å². The van der Waals surface area contributed by atoms with Gasteiger partial charge in [-0.2, -0.15) is 0 Å². The van der Waals surface area contributed by atoms with E-state index in [2.05, 4.69) is 5.32 Å². The molecule has 7 heteroatoms. The number of rotatable bonds is 4. The number of esters is 2. The molecule has 2 amide bonds. The molecule has 1 atom stereocenters. The van der Waals surface area contributed by atoms with Crippen LogP contribution in [0.4, 0.5) is 4.79 Å². The maximum absolute atomic E-state index is 12.5. The van der Waals surface area contributed by atoms with Gasteiger partial charge in [-0.15, -0.1) is 0 Å². The average molecular weight is 346 g/mol. The number of hydrogen-bond donors (Lipinski definition) is 1. The minimum Gasteiger partial charge on any atom is -0.459 e. The van der Waals surface area contributed by atoms with Gasteiger partial charge in [0.2, 0.25) is 0 Å². The van der Waals surface area contributed by atoms with E-state index in [0.717, 1.165) is 0 Å². The molecular weight excluding hydrogens is 324 g/mol. The van der Waals surface area contributed by atoms with Crippen molar-refractivity contribution in [1.29, 1.82) is 0 Å². The summed E-state index contributed by atoms with van der Waals surface area (Å²) in [7, 11) is 1.59. The van der Waals surface area contributed by atoms with Crippen LogP contribution < -0.4 is 10.1 Å². The lowest BCUT2D eigenvalue weighted by Crippen LogP contribution is -2.46. The van der Waals surface area contributed by atoms with Gasteiger partial charge in [-0.25, -0.2) is 9.59 Å². The number of nitrogens with zero attached hydrogens (tertiary/aromatic N) is 1. The molecule has 25 heavy (non-hydrogen) atoms. The van der Waals surface area contributed by atoms with Crippen molar-refractivity contribution in [3.63, 3.8) is 0 Å². The van der Waals surface area contributed by atoms with Crippen LogP contribution >= 0.6 is 0 Å². The summed E-state index contributed by atoms with van der Waals surface area (Å²) in [5.41, 5.74) is 1.59. The smallest absolute Gasteiger partial charge is 0.338 e. The molecule has 134 valence electrons. The van der Waals surface area contributed by atoms with Crippen LogP contribution in [0.2, 0.25) is 0 Å². The van der Waals surface area contributed by atoms with E-state index in [-0.39, 0.29) is 12.1 Å². The van der Waals surface area contributed by atoms with Gasteiger partial charge >= 0.3 is 18.0 Å². The number of carbonyl (C=O) groups excluding carboxylic acids is 3. The Balaban J connectivity index is 2.40. The van der Waals surface area contributed by atoms with Crippen LogP contribution in [0, 0.1) is 0 Å². The van der Waals surface area contributed by atoms with Crippen molar-refractivity contribution in [1.82, 2.24) is 10.2 Å². The van der Waals surface area contributed by atoms with E-state index in [4.69, 9.17) is 9.47 Å². The van der Waals surface area contributed by atoms with Gasteiger partial charge in [0.1, 0.15) is 5.75 Å². The summed E-state index contributed by atoms with van der Waals surface area (Å²) in [5, 5.41) is 2.80. The number of benzene rings is 1. The zero-order valence-electron chi connectivity index (χ0n) is 15.0. The van der Waals surface area contributed by atoms with Crippen LogP contribution in [0.25, 0.3) is 0 Å². The molecule has 0 radical (unpaired) electrons. The second kappa shape index (κ2) is 7.38. The molecule has 1 aromatic rings. The van der Waals surface area contributed by atoms with Gasteiger partial charge in [-0.05, 0) is 38.5 Å². The second-order valence-electron chi connectivity index (χ2n) is 6.06. The van der Waals surface area contributed by atoms with E-state index in [1.807, 2.05) is 0 Å². The Morgan fingerprint density at radius 3 is 2.32 bits per heavy atom. The molecule has 0 aliphatic carbocycles. The maximum Gasteiger partial charge on any atom is 0.338 e. The van der Waals surface area contributed by atoms with E-state index < -0.39 is 18.0 Å². The third-order valence-corrected chi connectivity index (χ3v) is 3.79. The zero-order chi connectivity index (χ0) is 18.7. The van der Waals surface area contributed by atoms with E-state index >= 15 is 0 Å². The summed E-state index contributed by atoms with van der Waals surface area (Å²) in [6, 6.07) is 5.67. The van der Waals surface area contributed by atoms with Crippen LogP contribution in [-0.2, 0) is 14.3 Å². The first-order valence-electron chi connectivity index (χ1n) is 7.95. The molecule has 0 saturated carbocycles. The quantitative estimate of drug-likeness (QED) is 0.669. The minimum atomic E-state index is -0.638. The molecule has 7 nitrogen and oxygen atoms in total. The van der Waals surface area contributed by atoms with E-state index in [9.17, 15) is 14.4 Å². The number of ether oxygens (including phenoxy) is 2. The number of allylic oxidation sites excluding steroid dienone is 1. The molecule has 0 fully saturated rings. The van der Waals surface area contributed by atoms with Crippen molar-refractivity contribution < 1.29 is 23.9 Å².